The molecule has 1 fully saturated rings. The minimum Gasteiger partial charge on any atom is -0.351 e. The van der Waals surface area contributed by atoms with E-state index in [-0.39, 0.29) is 18.0 Å². The molecule has 0 aliphatic carbocycles. The van der Waals surface area contributed by atoms with Gasteiger partial charge in [-0.05, 0) is 41.3 Å². The van der Waals surface area contributed by atoms with Crippen molar-refractivity contribution in [2.75, 3.05) is 6.54 Å². The summed E-state index contributed by atoms with van der Waals surface area (Å²) in [5, 5.41) is 6.43. The summed E-state index contributed by atoms with van der Waals surface area (Å²) in [7, 11) is 0. The third-order valence-corrected chi connectivity index (χ3v) is 6.00. The van der Waals surface area contributed by atoms with Gasteiger partial charge in [0.1, 0.15) is 0 Å². The summed E-state index contributed by atoms with van der Waals surface area (Å²) in [6, 6.07) is 18.6. The first-order chi connectivity index (χ1) is 16.4. The van der Waals surface area contributed by atoms with Crippen LogP contribution >= 0.6 is 0 Å². The average molecular weight is 469 g/mol. The Bertz CT molecular complexity index is 1060. The van der Waals surface area contributed by atoms with Crippen LogP contribution in [0.4, 0.5) is 13.2 Å². The van der Waals surface area contributed by atoms with Crippen molar-refractivity contribution >= 4 is 5.91 Å². The molecule has 3 aromatic rings. The second-order valence-electron chi connectivity index (χ2n) is 8.52. The van der Waals surface area contributed by atoms with Crippen molar-refractivity contribution in [3.8, 4) is 0 Å². The lowest BCUT2D eigenvalue weighted by Gasteiger charge is -2.23. The number of alkyl halides is 3. The van der Waals surface area contributed by atoms with Gasteiger partial charge in [-0.2, -0.15) is 13.2 Å². The predicted molar refractivity (Wildman–Crippen MR) is 123 cm³/mol. The van der Waals surface area contributed by atoms with Gasteiger partial charge in [-0.1, -0.05) is 48.5 Å². The highest BCUT2D eigenvalue weighted by Crippen LogP contribution is 2.29. The van der Waals surface area contributed by atoms with Crippen LogP contribution in [0.3, 0.4) is 0 Å². The lowest BCUT2D eigenvalue weighted by Crippen LogP contribution is -2.42. The third-order valence-electron chi connectivity index (χ3n) is 6.00. The Morgan fingerprint density at radius 3 is 2.35 bits per heavy atom. The Morgan fingerprint density at radius 2 is 1.68 bits per heavy atom. The van der Waals surface area contributed by atoms with Gasteiger partial charge in [0, 0.05) is 44.6 Å². The minimum absolute atomic E-state index is 0.0418. The maximum Gasteiger partial charge on any atom is 0.416 e. The van der Waals surface area contributed by atoms with E-state index < -0.39 is 11.7 Å². The molecule has 1 aliphatic heterocycles. The van der Waals surface area contributed by atoms with E-state index in [2.05, 4.69) is 20.5 Å². The van der Waals surface area contributed by atoms with E-state index >= 15 is 0 Å². The number of hydrogen-bond donors (Lipinski definition) is 2. The predicted octanol–water partition coefficient (Wildman–Crippen LogP) is 4.15. The van der Waals surface area contributed by atoms with Crippen LogP contribution in [0.5, 0.6) is 0 Å². The zero-order chi connectivity index (χ0) is 24.0. The number of aromatic nitrogens is 1. The molecule has 0 bridgehead atoms. The van der Waals surface area contributed by atoms with Crippen molar-refractivity contribution in [1.29, 1.82) is 0 Å². The normalized spacial score (nSPS) is 18.7. The fourth-order valence-electron chi connectivity index (χ4n) is 4.20. The molecule has 8 heteroatoms. The van der Waals surface area contributed by atoms with Crippen LogP contribution in [0, 0.1) is 0 Å². The van der Waals surface area contributed by atoms with E-state index in [1.807, 2.05) is 42.5 Å². The number of pyridine rings is 1. The third kappa shape index (κ3) is 6.42. The number of hydrogen-bond acceptors (Lipinski definition) is 4. The number of carbonyl (C=O) groups excluding carboxylic acids is 1. The van der Waals surface area contributed by atoms with Crippen LogP contribution in [0.25, 0.3) is 0 Å². The maximum absolute atomic E-state index is 13.1. The van der Waals surface area contributed by atoms with Crippen LogP contribution in [0.2, 0.25) is 0 Å². The minimum atomic E-state index is -4.34. The van der Waals surface area contributed by atoms with Gasteiger partial charge in [0.05, 0.1) is 11.6 Å². The molecular weight excluding hydrogens is 441 g/mol. The summed E-state index contributed by atoms with van der Waals surface area (Å²) in [4.78, 5) is 19.3. The molecule has 0 saturated carbocycles. The van der Waals surface area contributed by atoms with Crippen molar-refractivity contribution in [3.63, 3.8) is 0 Å². The van der Waals surface area contributed by atoms with Gasteiger partial charge in [0.15, 0.2) is 0 Å². The first kappa shape index (κ1) is 23.9. The Morgan fingerprint density at radius 1 is 0.941 bits per heavy atom. The lowest BCUT2D eigenvalue weighted by molar-refractivity contribution is -0.137. The van der Waals surface area contributed by atoms with Gasteiger partial charge in [-0.25, -0.2) is 0 Å². The Labute approximate surface area is 197 Å². The number of likely N-dealkylation sites (tertiary alicyclic amines) is 1. The number of carbonyl (C=O) groups is 1. The number of nitrogens with one attached hydrogen (secondary N) is 2. The summed E-state index contributed by atoms with van der Waals surface area (Å²) < 4.78 is 38.4. The monoisotopic (exact) mass is 468 g/mol. The average Bonchev–Trinajstić information content (AvgIpc) is 3.25. The highest BCUT2D eigenvalue weighted by Gasteiger charge is 2.36. The van der Waals surface area contributed by atoms with Gasteiger partial charge in [-0.3, -0.25) is 14.7 Å². The quantitative estimate of drug-likeness (QED) is 0.522. The first-order valence-electron chi connectivity index (χ1n) is 11.2. The van der Waals surface area contributed by atoms with E-state index in [1.54, 1.807) is 12.4 Å². The molecule has 0 radical (unpaired) electrons. The number of benzene rings is 2. The smallest absolute Gasteiger partial charge is 0.351 e. The number of rotatable bonds is 8. The largest absolute Gasteiger partial charge is 0.416 e. The molecule has 2 aromatic carbocycles. The van der Waals surface area contributed by atoms with E-state index in [9.17, 15) is 18.0 Å². The zero-order valence-electron chi connectivity index (χ0n) is 18.6. The van der Waals surface area contributed by atoms with Crippen LogP contribution in [0.1, 0.15) is 28.7 Å². The molecule has 0 unspecified atom stereocenters. The van der Waals surface area contributed by atoms with E-state index in [4.69, 9.17) is 0 Å². The summed E-state index contributed by atoms with van der Waals surface area (Å²) in [6.45, 7) is 2.16. The second kappa shape index (κ2) is 10.8. The van der Waals surface area contributed by atoms with Gasteiger partial charge in [-0.15, -0.1) is 0 Å². The van der Waals surface area contributed by atoms with Gasteiger partial charge in [0.2, 0.25) is 5.91 Å². The molecule has 4 rings (SSSR count). The van der Waals surface area contributed by atoms with Crippen molar-refractivity contribution in [2.24, 2.45) is 0 Å². The molecule has 1 saturated heterocycles. The molecule has 178 valence electrons. The summed E-state index contributed by atoms with van der Waals surface area (Å²) in [6.07, 6.45) is -0.306. The molecule has 1 amide bonds. The zero-order valence-corrected chi connectivity index (χ0v) is 18.6. The Kier molecular flexibility index (Phi) is 7.59. The van der Waals surface area contributed by atoms with Crippen molar-refractivity contribution in [2.45, 2.75) is 44.3 Å². The summed E-state index contributed by atoms with van der Waals surface area (Å²) in [5.41, 5.74) is 2.17. The topological polar surface area (TPSA) is 57.3 Å². The summed E-state index contributed by atoms with van der Waals surface area (Å²) in [5.74, 6) is -0.0429. The number of halogens is 3. The SMILES string of the molecule is O=C(NCc1cccnc1)[C@@H]1C[C@H](NCc2ccc(C(F)(F)F)cc2)CN1Cc1ccccc1. The standard InChI is InChI=1S/C26H27F3N4O/c27-26(28,29)22-10-8-19(9-11-22)15-31-23-13-24(25(34)32-16-21-7-4-12-30-14-21)33(18-23)17-20-5-2-1-3-6-20/h1-12,14,23-24,31H,13,15-18H2,(H,32,34)/t23-,24-/m0/s1. The van der Waals surface area contributed by atoms with Gasteiger partial charge < -0.3 is 10.6 Å². The van der Waals surface area contributed by atoms with Gasteiger partial charge >= 0.3 is 6.18 Å². The molecule has 1 aliphatic rings. The molecule has 2 atom stereocenters. The number of amides is 1. The van der Waals surface area contributed by atoms with Crippen molar-refractivity contribution in [3.05, 3.63) is 101 Å². The molecule has 1 aromatic heterocycles. The fraction of sp³-hybridized carbons (Fsp3) is 0.308. The summed E-state index contributed by atoms with van der Waals surface area (Å²) >= 11 is 0. The Balaban J connectivity index is 1.39. The molecule has 34 heavy (non-hydrogen) atoms. The van der Waals surface area contributed by atoms with Gasteiger partial charge in [0.25, 0.3) is 0 Å². The van der Waals surface area contributed by atoms with Crippen LogP contribution in [0.15, 0.2) is 79.1 Å². The lowest BCUT2D eigenvalue weighted by atomic mass is 10.1. The Hall–Kier alpha value is -3.23. The molecule has 2 N–H and O–H groups in total. The van der Waals surface area contributed by atoms with Crippen molar-refractivity contribution in [1.82, 2.24) is 20.5 Å². The molecule has 5 nitrogen and oxygen atoms in total. The number of nitrogens with zero attached hydrogens (tertiary/aromatic N) is 2. The molecule has 2 heterocycles. The van der Waals surface area contributed by atoms with Crippen LogP contribution < -0.4 is 10.6 Å². The highest BCUT2D eigenvalue weighted by molar-refractivity contribution is 5.82. The van der Waals surface area contributed by atoms with E-state index in [1.165, 1.54) is 12.1 Å². The molecular formula is C26H27F3N4O. The second-order valence-corrected chi connectivity index (χ2v) is 8.52. The van der Waals surface area contributed by atoms with Crippen molar-refractivity contribution < 1.29 is 18.0 Å². The maximum atomic E-state index is 13.1. The molecule has 0 spiro atoms. The first-order valence-corrected chi connectivity index (χ1v) is 11.2. The van der Waals surface area contributed by atoms with Crippen LogP contribution in [-0.4, -0.2) is 34.4 Å². The van der Waals surface area contributed by atoms with Crippen LogP contribution in [-0.2, 0) is 30.6 Å². The highest BCUT2D eigenvalue weighted by atomic mass is 19.4. The van der Waals surface area contributed by atoms with E-state index in [0.717, 1.165) is 28.8 Å². The fourth-order valence-corrected chi connectivity index (χ4v) is 4.20. The van der Waals surface area contributed by atoms with E-state index in [0.29, 0.717) is 32.6 Å².